The minimum atomic E-state index is -0.785. The predicted molar refractivity (Wildman–Crippen MR) is 149 cm³/mol. The molecule has 9 N–H and O–H groups in total. The third kappa shape index (κ3) is 9.14. The number of nitrogens with zero attached hydrogens (tertiary/aromatic N) is 2. The summed E-state index contributed by atoms with van der Waals surface area (Å²) in [7, 11) is 0. The lowest BCUT2D eigenvalue weighted by molar-refractivity contribution is -0.121. The third-order valence-corrected chi connectivity index (χ3v) is 6.57. The van der Waals surface area contributed by atoms with Crippen LogP contribution in [0.25, 0.3) is 0 Å². The fourth-order valence-electron chi connectivity index (χ4n) is 4.26. The Morgan fingerprint density at radius 1 is 0.950 bits per heavy atom. The minimum Gasteiger partial charge on any atom is -0.508 e. The van der Waals surface area contributed by atoms with Gasteiger partial charge in [-0.25, -0.2) is 0 Å². The van der Waals surface area contributed by atoms with Gasteiger partial charge in [0.2, 0.25) is 11.8 Å². The van der Waals surface area contributed by atoms with Crippen molar-refractivity contribution in [3.8, 4) is 11.5 Å². The molecular weight excluding hydrogens is 512 g/mol. The molecule has 2 amide bonds. The van der Waals surface area contributed by atoms with Gasteiger partial charge in [-0.15, -0.1) is 0 Å². The number of phenolic OH excluding ortho intramolecular Hbond substituents is 2. The van der Waals surface area contributed by atoms with E-state index in [2.05, 4.69) is 15.3 Å². The maximum absolute atomic E-state index is 12.6. The molecule has 212 valence electrons. The smallest absolute Gasteiger partial charge is 0.234 e. The number of nitrogens with one attached hydrogen (secondary N) is 1. The number of aryl methyl sites for hydroxylation is 3. The van der Waals surface area contributed by atoms with Crippen molar-refractivity contribution in [1.29, 1.82) is 0 Å². The van der Waals surface area contributed by atoms with Gasteiger partial charge in [-0.05, 0) is 73.9 Å². The SMILES string of the molecule is Cc1nc(CCCc2cc(C[C@H](N)C(N)=O)ccc2O)cnc1CC(=O)CN[C@@H](Cc1ccc(O)cc1)C(N)=O. The van der Waals surface area contributed by atoms with Gasteiger partial charge in [0.1, 0.15) is 11.5 Å². The number of Topliss-reactive ketones (excluding diaryl/α,β-unsaturated/α-hetero) is 1. The molecule has 2 atom stereocenters. The van der Waals surface area contributed by atoms with Crippen molar-refractivity contribution >= 4 is 17.6 Å². The van der Waals surface area contributed by atoms with Crippen molar-refractivity contribution in [2.24, 2.45) is 17.2 Å². The Morgan fingerprint density at radius 2 is 1.65 bits per heavy atom. The van der Waals surface area contributed by atoms with E-state index in [-0.39, 0.29) is 30.2 Å². The van der Waals surface area contributed by atoms with Crippen LogP contribution in [0.15, 0.2) is 48.7 Å². The molecule has 0 spiro atoms. The maximum atomic E-state index is 12.6. The number of amides is 2. The first-order valence-electron chi connectivity index (χ1n) is 13.0. The van der Waals surface area contributed by atoms with Crippen LogP contribution in [-0.4, -0.2) is 56.4 Å². The number of ketones is 1. The Balaban J connectivity index is 1.50. The molecule has 0 bridgehead atoms. The van der Waals surface area contributed by atoms with Crippen LogP contribution < -0.4 is 22.5 Å². The summed E-state index contributed by atoms with van der Waals surface area (Å²) in [5, 5.41) is 22.5. The van der Waals surface area contributed by atoms with Crippen molar-refractivity contribution < 1.29 is 24.6 Å². The zero-order valence-electron chi connectivity index (χ0n) is 22.5. The van der Waals surface area contributed by atoms with Crippen LogP contribution in [-0.2, 0) is 46.5 Å². The molecule has 0 aliphatic heterocycles. The average molecular weight is 549 g/mol. The Labute approximate surface area is 232 Å². The van der Waals surface area contributed by atoms with Gasteiger partial charge in [0.15, 0.2) is 5.78 Å². The molecule has 0 unspecified atom stereocenters. The Hall–Kier alpha value is -4.35. The second-order valence-corrected chi connectivity index (χ2v) is 9.84. The number of carbonyl (C=O) groups excluding carboxylic acids is 3. The lowest BCUT2D eigenvalue weighted by atomic mass is 9.99. The molecule has 2 aromatic carbocycles. The van der Waals surface area contributed by atoms with Gasteiger partial charge in [-0.1, -0.05) is 24.3 Å². The fourth-order valence-corrected chi connectivity index (χ4v) is 4.26. The molecular formula is C29H36N6O5. The number of phenols is 2. The van der Waals surface area contributed by atoms with Gasteiger partial charge in [0.25, 0.3) is 0 Å². The highest BCUT2D eigenvalue weighted by Gasteiger charge is 2.18. The summed E-state index contributed by atoms with van der Waals surface area (Å²) in [4.78, 5) is 44.7. The van der Waals surface area contributed by atoms with Crippen molar-refractivity contribution in [3.05, 3.63) is 82.4 Å². The molecule has 11 nitrogen and oxygen atoms in total. The van der Waals surface area contributed by atoms with Gasteiger partial charge in [0.05, 0.1) is 42.1 Å². The lowest BCUT2D eigenvalue weighted by Crippen LogP contribution is -2.45. The molecule has 1 aromatic heterocycles. The number of benzene rings is 2. The molecule has 0 aliphatic rings. The molecule has 3 rings (SSSR count). The minimum absolute atomic E-state index is 0.0541. The van der Waals surface area contributed by atoms with Crippen molar-refractivity contribution in [3.63, 3.8) is 0 Å². The standard InChI is InChI=1S/C29H36N6O5/c1-17-25(14-23(37)16-34-26(29(32)40)13-18-5-8-22(36)9-6-18)33-15-21(35-17)4-2-3-20-11-19(7-10-27(20)38)12-24(30)28(31)39/h5-11,15,24,26,34,36,38H,2-4,12-14,16,30H2,1H3,(H2,31,39)(H2,32,40)/t24-,26-/m0/s1. The molecule has 0 radical (unpaired) electrons. The maximum Gasteiger partial charge on any atom is 0.234 e. The second-order valence-electron chi connectivity index (χ2n) is 9.84. The number of hydrogen-bond acceptors (Lipinski definition) is 9. The van der Waals surface area contributed by atoms with Gasteiger partial charge < -0.3 is 27.4 Å². The zero-order chi connectivity index (χ0) is 29.2. The van der Waals surface area contributed by atoms with Crippen LogP contribution in [0.2, 0.25) is 0 Å². The molecule has 0 saturated carbocycles. The normalized spacial score (nSPS) is 12.6. The van der Waals surface area contributed by atoms with Crippen molar-refractivity contribution in [1.82, 2.24) is 15.3 Å². The summed E-state index contributed by atoms with van der Waals surface area (Å²) in [5.74, 6) is -1.02. The summed E-state index contributed by atoms with van der Waals surface area (Å²) in [5.41, 5.74) is 20.8. The molecule has 1 heterocycles. The lowest BCUT2D eigenvalue weighted by Gasteiger charge is -2.15. The summed E-state index contributed by atoms with van der Waals surface area (Å²) >= 11 is 0. The largest absolute Gasteiger partial charge is 0.508 e. The highest BCUT2D eigenvalue weighted by atomic mass is 16.3. The van der Waals surface area contributed by atoms with E-state index in [0.717, 1.165) is 22.4 Å². The summed E-state index contributed by atoms with van der Waals surface area (Å²) < 4.78 is 0. The van der Waals surface area contributed by atoms with E-state index in [1.54, 1.807) is 37.4 Å². The Morgan fingerprint density at radius 3 is 2.30 bits per heavy atom. The Kier molecular flexibility index (Phi) is 10.7. The molecule has 0 aliphatic carbocycles. The van der Waals surface area contributed by atoms with Crippen LogP contribution in [0.1, 0.15) is 40.2 Å². The van der Waals surface area contributed by atoms with E-state index in [0.29, 0.717) is 43.5 Å². The number of aromatic hydroxyl groups is 2. The van der Waals surface area contributed by atoms with E-state index in [4.69, 9.17) is 17.2 Å². The van der Waals surface area contributed by atoms with Gasteiger partial charge in [-0.3, -0.25) is 29.7 Å². The van der Waals surface area contributed by atoms with Gasteiger partial charge >= 0.3 is 0 Å². The van der Waals surface area contributed by atoms with E-state index in [9.17, 15) is 24.6 Å². The van der Waals surface area contributed by atoms with E-state index < -0.39 is 23.9 Å². The van der Waals surface area contributed by atoms with Crippen LogP contribution in [0, 0.1) is 6.92 Å². The number of carbonyl (C=O) groups is 3. The quantitative estimate of drug-likeness (QED) is 0.156. The van der Waals surface area contributed by atoms with Gasteiger partial charge in [-0.2, -0.15) is 0 Å². The topological polar surface area (TPSA) is 208 Å². The van der Waals surface area contributed by atoms with Gasteiger partial charge in [0, 0.05) is 6.20 Å². The van der Waals surface area contributed by atoms with E-state index >= 15 is 0 Å². The number of primary amides is 2. The van der Waals surface area contributed by atoms with Crippen LogP contribution in [0.4, 0.5) is 0 Å². The van der Waals surface area contributed by atoms with Crippen molar-refractivity contribution in [2.45, 2.75) is 57.5 Å². The molecule has 3 aromatic rings. The molecule has 11 heteroatoms. The summed E-state index contributed by atoms with van der Waals surface area (Å²) in [6.07, 6.45) is 4.19. The molecule has 0 saturated heterocycles. The average Bonchev–Trinajstić information content (AvgIpc) is 2.90. The van der Waals surface area contributed by atoms with Crippen molar-refractivity contribution in [2.75, 3.05) is 6.54 Å². The van der Waals surface area contributed by atoms with Crippen LogP contribution in [0.3, 0.4) is 0 Å². The highest BCUT2D eigenvalue weighted by Crippen LogP contribution is 2.21. The monoisotopic (exact) mass is 548 g/mol. The number of hydrogen-bond donors (Lipinski definition) is 6. The number of nitrogens with two attached hydrogens (primary N) is 3. The van der Waals surface area contributed by atoms with Crippen LogP contribution in [0.5, 0.6) is 11.5 Å². The predicted octanol–water partition coefficient (Wildman–Crippen LogP) is 0.524. The first-order valence-corrected chi connectivity index (χ1v) is 13.0. The van der Waals surface area contributed by atoms with E-state index in [1.165, 1.54) is 12.1 Å². The summed E-state index contributed by atoms with van der Waals surface area (Å²) in [6, 6.07) is 10.0. The zero-order valence-corrected chi connectivity index (χ0v) is 22.5. The highest BCUT2D eigenvalue weighted by molar-refractivity contribution is 5.85. The summed E-state index contributed by atoms with van der Waals surface area (Å²) in [6.45, 7) is 1.74. The first kappa shape index (κ1) is 30.2. The number of rotatable bonds is 15. The fraction of sp³-hybridized carbons (Fsp3) is 0.345. The molecule has 0 fully saturated rings. The molecule has 40 heavy (non-hydrogen) atoms. The third-order valence-electron chi connectivity index (χ3n) is 6.57. The van der Waals surface area contributed by atoms with E-state index in [1.807, 2.05) is 6.07 Å². The number of aromatic nitrogens is 2. The second kappa shape index (κ2) is 14.2. The van der Waals surface area contributed by atoms with Crippen LogP contribution >= 0.6 is 0 Å². The first-order chi connectivity index (χ1) is 19.0. The Bertz CT molecular complexity index is 1350.